The highest BCUT2D eigenvalue weighted by molar-refractivity contribution is 6.95. The molecular formula is C75H51BN2O2. The van der Waals surface area contributed by atoms with Crippen LogP contribution in [0.4, 0.5) is 28.4 Å². The first-order valence-corrected chi connectivity index (χ1v) is 27.7. The van der Waals surface area contributed by atoms with E-state index in [1.54, 1.807) is 0 Å². The molecule has 0 spiro atoms. The smallest absolute Gasteiger partial charge is 0.257 e. The summed E-state index contributed by atoms with van der Waals surface area (Å²) in [5.74, 6) is 3.29. The summed E-state index contributed by atoms with van der Waals surface area (Å²) in [7, 11) is 0. The Morgan fingerprint density at radius 3 is 1.60 bits per heavy atom. The Hall–Kier alpha value is -10.1. The van der Waals surface area contributed by atoms with Gasteiger partial charge in [0.25, 0.3) is 6.71 Å². The number of allylic oxidation sites excluding steroid dienone is 8. The highest BCUT2D eigenvalue weighted by atomic mass is 16.5. The highest BCUT2D eigenvalue weighted by Gasteiger charge is 2.49. The van der Waals surface area contributed by atoms with Crippen LogP contribution < -0.4 is 30.2 Å². The fourth-order valence-electron chi connectivity index (χ4n) is 13.9. The van der Waals surface area contributed by atoms with Gasteiger partial charge in [-0.05, 0) is 149 Å². The summed E-state index contributed by atoms with van der Waals surface area (Å²) in [6, 6.07) is 79.5. The standard InChI is InChI=1S/C75H51BN2O2/c1-3-4-26-52-47(2)53-27-11-12-28-54(53)65-43-50(39-41-59(52)65)77(48-22-7-5-8-23-48)67-45-71-73(63-35-19-17-33-61(63)67)76-74-64-36-20-18-34-62(64)68(46-72(74)80-70-38-21-37-69(79-71)75(70)76)78(49-24-9-6-10-25-49)51-40-42-60-57-31-14-13-29-55(57)56-30-15-16-32-58(56)66(60)44-51/h3-46,62,64H,1H2,2H3/b26-4-. The van der Waals surface area contributed by atoms with Crippen LogP contribution in [0.15, 0.2) is 284 Å². The topological polar surface area (TPSA) is 24.9 Å². The predicted molar refractivity (Wildman–Crippen MR) is 338 cm³/mol. The van der Waals surface area contributed by atoms with Gasteiger partial charge in [0.15, 0.2) is 0 Å². The molecule has 16 rings (SSSR count). The maximum absolute atomic E-state index is 7.29. The van der Waals surface area contributed by atoms with Crippen LogP contribution in [-0.2, 0) is 0 Å². The third-order valence-corrected chi connectivity index (χ3v) is 17.3. The zero-order chi connectivity index (χ0) is 53.0. The molecule has 0 saturated heterocycles. The third kappa shape index (κ3) is 6.96. The van der Waals surface area contributed by atoms with Gasteiger partial charge in [0, 0.05) is 63.3 Å². The van der Waals surface area contributed by atoms with E-state index in [0.29, 0.717) is 0 Å². The van der Waals surface area contributed by atoms with Crippen LogP contribution in [0.2, 0.25) is 0 Å². The Kier molecular flexibility index (Phi) is 10.5. The molecule has 4 nitrogen and oxygen atoms in total. The summed E-state index contributed by atoms with van der Waals surface area (Å²) in [6.07, 6.45) is 17.7. The van der Waals surface area contributed by atoms with Crippen molar-refractivity contribution in [3.63, 3.8) is 0 Å². The molecule has 0 bridgehead atoms. The van der Waals surface area contributed by atoms with Gasteiger partial charge in [-0.15, -0.1) is 0 Å². The van der Waals surface area contributed by atoms with Gasteiger partial charge in [0.1, 0.15) is 23.0 Å². The van der Waals surface area contributed by atoms with E-state index in [0.717, 1.165) is 78.8 Å². The Labute approximate surface area is 465 Å². The minimum atomic E-state index is -0.165. The monoisotopic (exact) mass is 1020 g/mol. The van der Waals surface area contributed by atoms with Crippen molar-refractivity contribution in [3.05, 3.63) is 296 Å². The molecule has 0 saturated carbocycles. The fourth-order valence-corrected chi connectivity index (χ4v) is 13.9. The molecule has 0 N–H and O–H groups in total. The Bertz CT molecular complexity index is 4750. The first-order chi connectivity index (χ1) is 39.6. The number of ether oxygens (including phenoxy) is 2. The second-order valence-electron chi connectivity index (χ2n) is 21.4. The number of nitrogens with zero attached hydrogens (tertiary/aromatic N) is 2. The lowest BCUT2D eigenvalue weighted by atomic mass is 9.31. The lowest BCUT2D eigenvalue weighted by molar-refractivity contribution is 0.411. The molecule has 2 aliphatic heterocycles. The average molecular weight is 1020 g/mol. The summed E-state index contributed by atoms with van der Waals surface area (Å²) in [4.78, 5) is 4.88. The van der Waals surface area contributed by atoms with Gasteiger partial charge < -0.3 is 19.3 Å². The van der Waals surface area contributed by atoms with E-state index in [-0.39, 0.29) is 18.5 Å². The number of hydrogen-bond donors (Lipinski definition) is 0. The normalized spacial score (nSPS) is 15.9. The van der Waals surface area contributed by atoms with Crippen LogP contribution in [0.3, 0.4) is 0 Å². The lowest BCUT2D eigenvalue weighted by Crippen LogP contribution is -2.54. The average Bonchev–Trinajstić information content (AvgIpc) is 3.70. The van der Waals surface area contributed by atoms with E-state index >= 15 is 0 Å². The van der Waals surface area contributed by atoms with E-state index in [1.165, 1.54) is 70.5 Å². The molecule has 4 aliphatic rings. The third-order valence-electron chi connectivity index (χ3n) is 17.3. The van der Waals surface area contributed by atoms with Crippen LogP contribution in [0, 0.1) is 18.8 Å². The van der Waals surface area contributed by atoms with Crippen molar-refractivity contribution in [2.75, 3.05) is 9.80 Å². The minimum Gasteiger partial charge on any atom is -0.459 e. The first kappa shape index (κ1) is 46.0. The van der Waals surface area contributed by atoms with E-state index in [9.17, 15) is 0 Å². The zero-order valence-corrected chi connectivity index (χ0v) is 44.1. The fraction of sp³-hybridized carbons (Fsp3) is 0.0400. The summed E-state index contributed by atoms with van der Waals surface area (Å²) in [5, 5.41) is 14.6. The van der Waals surface area contributed by atoms with Gasteiger partial charge in [-0.1, -0.05) is 201 Å². The van der Waals surface area contributed by atoms with Crippen molar-refractivity contribution >= 4 is 117 Å². The Balaban J connectivity index is 0.908. The van der Waals surface area contributed by atoms with Crippen molar-refractivity contribution in [2.45, 2.75) is 6.92 Å². The Morgan fingerprint density at radius 2 is 0.938 bits per heavy atom. The Morgan fingerprint density at radius 1 is 0.425 bits per heavy atom. The molecule has 5 heteroatoms. The highest BCUT2D eigenvalue weighted by Crippen LogP contribution is 2.51. The van der Waals surface area contributed by atoms with Crippen LogP contribution in [-0.4, -0.2) is 6.71 Å². The molecule has 0 amide bonds. The number of hydrogen-bond acceptors (Lipinski definition) is 4. The van der Waals surface area contributed by atoms with E-state index < -0.39 is 0 Å². The largest absolute Gasteiger partial charge is 0.459 e. The molecule has 0 radical (unpaired) electrons. The molecule has 80 heavy (non-hydrogen) atoms. The number of rotatable bonds is 8. The summed E-state index contributed by atoms with van der Waals surface area (Å²) < 4.78 is 14.6. The molecule has 0 aromatic heterocycles. The maximum Gasteiger partial charge on any atom is 0.257 e. The second kappa shape index (κ2) is 18.3. The van der Waals surface area contributed by atoms with Crippen LogP contribution in [0.5, 0.6) is 17.2 Å². The summed E-state index contributed by atoms with van der Waals surface area (Å²) >= 11 is 0. The molecule has 0 fully saturated rings. The maximum atomic E-state index is 7.29. The molecule has 2 heterocycles. The number of aryl methyl sites for hydroxylation is 1. The van der Waals surface area contributed by atoms with Crippen LogP contribution >= 0.6 is 0 Å². The second-order valence-corrected chi connectivity index (χ2v) is 21.4. The molecular weight excluding hydrogens is 972 g/mol. The minimum absolute atomic E-state index is 0.0220. The van der Waals surface area contributed by atoms with Gasteiger partial charge in [-0.3, -0.25) is 0 Å². The molecule has 12 aromatic carbocycles. The quantitative estimate of drug-likeness (QED) is 0.0860. The number of anilines is 5. The van der Waals surface area contributed by atoms with Crippen molar-refractivity contribution in [3.8, 4) is 17.2 Å². The van der Waals surface area contributed by atoms with E-state index in [4.69, 9.17) is 9.47 Å². The number of benzene rings is 12. The van der Waals surface area contributed by atoms with E-state index in [1.807, 2.05) is 12.2 Å². The van der Waals surface area contributed by atoms with Gasteiger partial charge >= 0.3 is 0 Å². The lowest BCUT2D eigenvalue weighted by Gasteiger charge is -2.44. The molecule has 2 atom stereocenters. The van der Waals surface area contributed by atoms with Crippen LogP contribution in [0.1, 0.15) is 11.1 Å². The predicted octanol–water partition coefficient (Wildman–Crippen LogP) is 18.6. The van der Waals surface area contributed by atoms with Crippen molar-refractivity contribution in [1.29, 1.82) is 0 Å². The van der Waals surface area contributed by atoms with Crippen LogP contribution in [0.25, 0.3) is 70.7 Å². The first-order valence-electron chi connectivity index (χ1n) is 27.7. The van der Waals surface area contributed by atoms with Gasteiger partial charge in [-0.25, -0.2) is 0 Å². The van der Waals surface area contributed by atoms with Crippen molar-refractivity contribution in [1.82, 2.24) is 0 Å². The number of para-hydroxylation sites is 2. The SMILES string of the molecule is C=C/C=C\c1c(C)c2ccccc2c2cc(N(c3ccccc3)c3cc4c(c5ccccc35)B3C5=C(C=C(N(c6ccccc6)c6ccc7c8ccccc8c8ccccc8c7c6)C6C=CC=CC56)Oc5cccc(c53)O4)ccc12. The molecule has 2 aliphatic carbocycles. The van der Waals surface area contributed by atoms with Crippen molar-refractivity contribution in [2.24, 2.45) is 11.8 Å². The van der Waals surface area contributed by atoms with E-state index in [2.05, 4.69) is 278 Å². The van der Waals surface area contributed by atoms with Gasteiger partial charge in [0.05, 0.1) is 5.69 Å². The molecule has 12 aromatic rings. The number of fused-ring (bicyclic) bond motifs is 16. The van der Waals surface area contributed by atoms with Crippen molar-refractivity contribution < 1.29 is 9.47 Å². The zero-order valence-electron chi connectivity index (χ0n) is 44.1. The molecule has 376 valence electrons. The van der Waals surface area contributed by atoms with Gasteiger partial charge in [0.2, 0.25) is 0 Å². The summed E-state index contributed by atoms with van der Waals surface area (Å²) in [6.45, 7) is 6.07. The van der Waals surface area contributed by atoms with Gasteiger partial charge in [-0.2, -0.15) is 0 Å². The molecule has 2 unspecified atom stereocenters. The summed E-state index contributed by atoms with van der Waals surface area (Å²) in [5.41, 5.74) is 12.4.